The predicted molar refractivity (Wildman–Crippen MR) is 126 cm³/mol. The van der Waals surface area contributed by atoms with E-state index in [1.165, 1.54) is 6.07 Å². The van der Waals surface area contributed by atoms with E-state index in [1.54, 1.807) is 12.1 Å². The minimum absolute atomic E-state index is 0.101. The zero-order chi connectivity index (χ0) is 23.7. The maximum atomic E-state index is 14.0. The molecule has 0 spiro atoms. The van der Waals surface area contributed by atoms with Crippen molar-refractivity contribution in [1.29, 1.82) is 0 Å². The van der Waals surface area contributed by atoms with Crippen molar-refractivity contribution in [2.75, 3.05) is 44.2 Å². The zero-order valence-corrected chi connectivity index (χ0v) is 19.2. The third kappa shape index (κ3) is 4.26. The molecule has 2 aromatic carbocycles. The van der Waals surface area contributed by atoms with Crippen molar-refractivity contribution in [2.24, 2.45) is 0 Å². The molecule has 1 aliphatic heterocycles. The minimum Gasteiger partial charge on any atom is -0.450 e. The van der Waals surface area contributed by atoms with Gasteiger partial charge in [-0.1, -0.05) is 30.3 Å². The highest BCUT2D eigenvalue weighted by Gasteiger charge is 2.23. The summed E-state index contributed by atoms with van der Waals surface area (Å²) in [6, 6.07) is 12.8. The van der Waals surface area contributed by atoms with Gasteiger partial charge in [0, 0.05) is 50.2 Å². The number of nitrogens with zero attached hydrogens (tertiary/aromatic N) is 4. The molecule has 0 radical (unpaired) electrons. The average molecular weight is 464 g/mol. The molecule has 0 saturated carbocycles. The number of para-hydroxylation sites is 2. The molecule has 1 amide bonds. The molecule has 34 heavy (non-hydrogen) atoms. The van der Waals surface area contributed by atoms with Crippen molar-refractivity contribution in [3.05, 3.63) is 65.3 Å². The van der Waals surface area contributed by atoms with E-state index in [9.17, 15) is 9.18 Å². The molecule has 176 valence electrons. The van der Waals surface area contributed by atoms with E-state index in [4.69, 9.17) is 8.83 Å². The third-order valence-electron chi connectivity index (χ3n) is 6.25. The number of aromatic nitrogens is 2. The maximum Gasteiger partial charge on any atom is 0.308 e. The molecular formula is C25H26FN5O3. The Bertz CT molecular complexity index is 1320. The lowest BCUT2D eigenvalue weighted by molar-refractivity contribution is 0.0913. The second-order valence-corrected chi connectivity index (χ2v) is 8.46. The largest absolute Gasteiger partial charge is 0.450 e. The van der Waals surface area contributed by atoms with E-state index >= 15 is 0 Å². The van der Waals surface area contributed by atoms with Gasteiger partial charge in [-0.2, -0.15) is 0 Å². The summed E-state index contributed by atoms with van der Waals surface area (Å²) >= 11 is 0. The number of carbonyl (C=O) groups excluding carboxylic acids is 1. The quantitative estimate of drug-likeness (QED) is 0.465. The highest BCUT2D eigenvalue weighted by Crippen LogP contribution is 2.33. The Morgan fingerprint density at radius 3 is 2.59 bits per heavy atom. The fraction of sp³-hybridized carbons (Fsp3) is 0.320. The topological polar surface area (TPSA) is 87.6 Å². The fourth-order valence-electron chi connectivity index (χ4n) is 4.32. The lowest BCUT2D eigenvalue weighted by Gasteiger charge is -2.36. The maximum absolute atomic E-state index is 14.0. The molecule has 3 heterocycles. The van der Waals surface area contributed by atoms with E-state index in [0.29, 0.717) is 24.5 Å². The van der Waals surface area contributed by atoms with Crippen molar-refractivity contribution in [3.63, 3.8) is 0 Å². The minimum atomic E-state index is -0.423. The van der Waals surface area contributed by atoms with Crippen LogP contribution in [-0.2, 0) is 0 Å². The van der Waals surface area contributed by atoms with Crippen molar-refractivity contribution in [2.45, 2.75) is 13.8 Å². The Morgan fingerprint density at radius 2 is 1.82 bits per heavy atom. The molecule has 0 unspecified atom stereocenters. The molecule has 9 heteroatoms. The summed E-state index contributed by atoms with van der Waals surface area (Å²) in [5.41, 5.74) is 3.31. The number of hydrogen-bond acceptors (Lipinski definition) is 7. The highest BCUT2D eigenvalue weighted by molar-refractivity contribution is 5.90. The first-order chi connectivity index (χ1) is 16.5. The predicted octanol–water partition coefficient (Wildman–Crippen LogP) is 3.79. The third-order valence-corrected chi connectivity index (χ3v) is 6.25. The first kappa shape index (κ1) is 22.1. The Hall–Kier alpha value is -3.72. The first-order valence-corrected chi connectivity index (χ1v) is 11.3. The molecular weight excluding hydrogens is 437 g/mol. The van der Waals surface area contributed by atoms with Gasteiger partial charge < -0.3 is 19.1 Å². The molecule has 1 saturated heterocycles. The van der Waals surface area contributed by atoms with Crippen LogP contribution < -0.4 is 10.2 Å². The number of aryl methyl sites for hydroxylation is 2. The number of rotatable bonds is 6. The zero-order valence-electron chi connectivity index (χ0n) is 19.2. The summed E-state index contributed by atoms with van der Waals surface area (Å²) in [6.07, 6.45) is 0. The molecule has 1 N–H and O–H groups in total. The Labute approximate surface area is 196 Å². The second-order valence-electron chi connectivity index (χ2n) is 8.46. The van der Waals surface area contributed by atoms with Gasteiger partial charge in [-0.25, -0.2) is 4.39 Å². The Balaban J connectivity index is 1.15. The standard InChI is InChI=1S/C25H26FN5O3/c1-16-6-5-7-18-17(2)22(33-21(16)18)24-28-29-25(34-24)23(32)27-10-11-30-12-14-31(15-13-30)20-9-4-3-8-19(20)26/h3-9H,10-15H2,1-2H3,(H,27,32). The summed E-state index contributed by atoms with van der Waals surface area (Å²) in [5, 5.41) is 11.7. The van der Waals surface area contributed by atoms with E-state index < -0.39 is 5.91 Å². The van der Waals surface area contributed by atoms with Crippen LogP contribution >= 0.6 is 0 Å². The lowest BCUT2D eigenvalue weighted by atomic mass is 10.1. The molecule has 0 aliphatic carbocycles. The number of piperazine rings is 1. The van der Waals surface area contributed by atoms with Crippen molar-refractivity contribution >= 4 is 22.6 Å². The number of hydrogen-bond donors (Lipinski definition) is 1. The molecule has 0 bridgehead atoms. The lowest BCUT2D eigenvalue weighted by Crippen LogP contribution is -2.48. The van der Waals surface area contributed by atoms with Gasteiger partial charge in [0.2, 0.25) is 0 Å². The van der Waals surface area contributed by atoms with Crippen molar-refractivity contribution in [1.82, 2.24) is 20.4 Å². The van der Waals surface area contributed by atoms with Crippen LogP contribution in [0.5, 0.6) is 0 Å². The average Bonchev–Trinajstić information content (AvgIpc) is 3.46. The van der Waals surface area contributed by atoms with Crippen LogP contribution in [0.1, 0.15) is 21.8 Å². The van der Waals surface area contributed by atoms with Crippen LogP contribution in [0.4, 0.5) is 10.1 Å². The molecule has 2 aromatic heterocycles. The van der Waals surface area contributed by atoms with E-state index in [0.717, 1.165) is 48.3 Å². The van der Waals surface area contributed by atoms with Crippen LogP contribution in [0.3, 0.4) is 0 Å². The van der Waals surface area contributed by atoms with Gasteiger partial charge in [-0.15, -0.1) is 10.2 Å². The van der Waals surface area contributed by atoms with Crippen LogP contribution in [-0.4, -0.2) is 60.3 Å². The molecule has 1 fully saturated rings. The smallest absolute Gasteiger partial charge is 0.308 e. The molecule has 4 aromatic rings. The van der Waals surface area contributed by atoms with Gasteiger partial charge in [0.1, 0.15) is 11.4 Å². The SMILES string of the molecule is Cc1c(-c2nnc(C(=O)NCCN3CCN(c4ccccc4F)CC3)o2)oc2c(C)cccc12. The van der Waals surface area contributed by atoms with Gasteiger partial charge in [0.15, 0.2) is 5.76 Å². The fourth-order valence-corrected chi connectivity index (χ4v) is 4.32. The van der Waals surface area contributed by atoms with Gasteiger partial charge in [-0.3, -0.25) is 9.69 Å². The Morgan fingerprint density at radius 1 is 1.03 bits per heavy atom. The molecule has 8 nitrogen and oxygen atoms in total. The van der Waals surface area contributed by atoms with Crippen molar-refractivity contribution in [3.8, 4) is 11.7 Å². The first-order valence-electron chi connectivity index (χ1n) is 11.3. The summed E-state index contributed by atoms with van der Waals surface area (Å²) in [5.74, 6) is -0.0640. The number of benzene rings is 2. The number of carbonyl (C=O) groups is 1. The summed E-state index contributed by atoms with van der Waals surface area (Å²) < 4.78 is 25.6. The van der Waals surface area contributed by atoms with Crippen LogP contribution in [0.15, 0.2) is 51.3 Å². The van der Waals surface area contributed by atoms with Crippen LogP contribution in [0, 0.1) is 19.7 Å². The number of fused-ring (bicyclic) bond motifs is 1. The second kappa shape index (κ2) is 9.26. The van der Waals surface area contributed by atoms with Gasteiger partial charge in [-0.05, 0) is 31.5 Å². The van der Waals surface area contributed by atoms with Gasteiger partial charge in [0.05, 0.1) is 5.69 Å². The van der Waals surface area contributed by atoms with Crippen LogP contribution in [0.25, 0.3) is 22.6 Å². The van der Waals surface area contributed by atoms with E-state index in [-0.39, 0.29) is 17.6 Å². The van der Waals surface area contributed by atoms with Crippen molar-refractivity contribution < 1.29 is 18.0 Å². The number of furan rings is 1. The van der Waals surface area contributed by atoms with Gasteiger partial charge >= 0.3 is 11.8 Å². The molecule has 0 atom stereocenters. The van der Waals surface area contributed by atoms with E-state index in [2.05, 4.69) is 20.4 Å². The summed E-state index contributed by atoms with van der Waals surface area (Å²) in [6.45, 7) is 8.08. The normalized spacial score (nSPS) is 14.6. The summed E-state index contributed by atoms with van der Waals surface area (Å²) in [4.78, 5) is 16.8. The number of nitrogens with one attached hydrogen (secondary N) is 1. The number of amides is 1. The van der Waals surface area contributed by atoms with Crippen LogP contribution in [0.2, 0.25) is 0 Å². The monoisotopic (exact) mass is 463 g/mol. The molecule has 1 aliphatic rings. The van der Waals surface area contributed by atoms with E-state index in [1.807, 2.05) is 43.0 Å². The number of halogens is 1. The molecule has 5 rings (SSSR count). The number of anilines is 1. The van der Waals surface area contributed by atoms with Gasteiger partial charge in [0.25, 0.3) is 5.89 Å². The Kier molecular flexibility index (Phi) is 6.02. The summed E-state index contributed by atoms with van der Waals surface area (Å²) in [7, 11) is 0. The highest BCUT2D eigenvalue weighted by atomic mass is 19.1.